The van der Waals surface area contributed by atoms with Crippen molar-refractivity contribution in [1.29, 1.82) is 0 Å². The van der Waals surface area contributed by atoms with Crippen LogP contribution in [0.2, 0.25) is 0 Å². The van der Waals surface area contributed by atoms with Crippen molar-refractivity contribution in [3.63, 3.8) is 0 Å². The lowest BCUT2D eigenvalue weighted by atomic mass is 10.1. The second-order valence-corrected chi connectivity index (χ2v) is 7.73. The molecule has 3 heterocycles. The van der Waals surface area contributed by atoms with Crippen molar-refractivity contribution >= 4 is 20.7 Å². The summed E-state index contributed by atoms with van der Waals surface area (Å²) >= 11 is 0. The molecule has 1 fully saturated rings. The van der Waals surface area contributed by atoms with Crippen LogP contribution < -0.4 is 0 Å². The van der Waals surface area contributed by atoms with Gasteiger partial charge in [-0.1, -0.05) is 6.42 Å². The number of pyridine rings is 1. The first-order chi connectivity index (χ1) is 10.1. The van der Waals surface area contributed by atoms with Gasteiger partial charge in [0.15, 0.2) is 9.84 Å². The number of likely N-dealkylation sites (tertiary alicyclic amines) is 1. The summed E-state index contributed by atoms with van der Waals surface area (Å²) in [7, 11) is -3.26. The lowest BCUT2D eigenvalue weighted by Crippen LogP contribution is -2.31. The number of sulfone groups is 1. The fraction of sp³-hybridized carbons (Fsp3) is 0.533. The van der Waals surface area contributed by atoms with Gasteiger partial charge in [-0.2, -0.15) is 0 Å². The maximum Gasteiger partial charge on any atom is 0.177 e. The summed E-state index contributed by atoms with van der Waals surface area (Å²) in [6, 6.07) is 1.83. The van der Waals surface area contributed by atoms with Gasteiger partial charge in [-0.3, -0.25) is 4.98 Å². The van der Waals surface area contributed by atoms with E-state index in [-0.39, 0.29) is 0 Å². The zero-order chi connectivity index (χ0) is 14.9. The number of nitrogens with one attached hydrogen (secondary N) is 1. The van der Waals surface area contributed by atoms with Crippen molar-refractivity contribution in [2.45, 2.75) is 30.6 Å². The van der Waals surface area contributed by atoms with E-state index in [4.69, 9.17) is 0 Å². The highest BCUT2D eigenvalue weighted by molar-refractivity contribution is 7.91. The van der Waals surface area contributed by atoms with Crippen LogP contribution >= 0.6 is 0 Å². The predicted molar refractivity (Wildman–Crippen MR) is 83.2 cm³/mol. The SMILES string of the molecule is CS(=O)(=O)c1c(CCN2CCCCC2)[nH]c2ccncc12. The molecule has 0 aliphatic carbocycles. The van der Waals surface area contributed by atoms with Crippen molar-refractivity contribution in [2.75, 3.05) is 25.9 Å². The Morgan fingerprint density at radius 1 is 1.29 bits per heavy atom. The third kappa shape index (κ3) is 3.11. The summed E-state index contributed by atoms with van der Waals surface area (Å²) in [6.07, 6.45) is 9.12. The van der Waals surface area contributed by atoms with Crippen LogP contribution in [0.1, 0.15) is 25.0 Å². The second kappa shape index (κ2) is 5.77. The summed E-state index contributed by atoms with van der Waals surface area (Å²) in [4.78, 5) is 10.2. The summed E-state index contributed by atoms with van der Waals surface area (Å²) in [6.45, 7) is 3.15. The number of rotatable bonds is 4. The Morgan fingerprint density at radius 3 is 2.76 bits per heavy atom. The Labute approximate surface area is 125 Å². The quantitative estimate of drug-likeness (QED) is 0.938. The Kier molecular flexibility index (Phi) is 3.99. The molecule has 21 heavy (non-hydrogen) atoms. The molecule has 114 valence electrons. The summed E-state index contributed by atoms with van der Waals surface area (Å²) in [5.74, 6) is 0. The monoisotopic (exact) mass is 307 g/mol. The maximum atomic E-state index is 12.1. The van der Waals surface area contributed by atoms with E-state index >= 15 is 0 Å². The Hall–Kier alpha value is -1.40. The Bertz CT molecular complexity index is 730. The largest absolute Gasteiger partial charge is 0.357 e. The van der Waals surface area contributed by atoms with E-state index in [0.717, 1.165) is 37.3 Å². The van der Waals surface area contributed by atoms with Gasteiger partial charge in [0.2, 0.25) is 0 Å². The predicted octanol–water partition coefficient (Wildman–Crippen LogP) is 1.99. The number of hydrogen-bond acceptors (Lipinski definition) is 4. The first kappa shape index (κ1) is 14.5. The number of fused-ring (bicyclic) bond motifs is 1. The van der Waals surface area contributed by atoms with Gasteiger partial charge < -0.3 is 9.88 Å². The van der Waals surface area contributed by atoms with Crippen LogP contribution in [0.25, 0.3) is 10.9 Å². The summed E-state index contributed by atoms with van der Waals surface area (Å²) in [5.41, 5.74) is 1.66. The average molecular weight is 307 g/mol. The molecule has 0 saturated carbocycles. The normalized spacial score (nSPS) is 17.4. The van der Waals surface area contributed by atoms with E-state index in [1.165, 1.54) is 25.5 Å². The number of nitrogens with zero attached hydrogens (tertiary/aromatic N) is 2. The molecule has 1 saturated heterocycles. The third-order valence-electron chi connectivity index (χ3n) is 4.12. The van der Waals surface area contributed by atoms with Crippen LogP contribution in [-0.2, 0) is 16.3 Å². The number of aromatic amines is 1. The van der Waals surface area contributed by atoms with Crippen molar-refractivity contribution in [1.82, 2.24) is 14.9 Å². The highest BCUT2D eigenvalue weighted by Gasteiger charge is 2.21. The van der Waals surface area contributed by atoms with Crippen molar-refractivity contribution in [3.05, 3.63) is 24.2 Å². The van der Waals surface area contributed by atoms with E-state index in [9.17, 15) is 8.42 Å². The first-order valence-corrected chi connectivity index (χ1v) is 9.32. The van der Waals surface area contributed by atoms with Crippen molar-refractivity contribution < 1.29 is 8.42 Å². The lowest BCUT2D eigenvalue weighted by molar-refractivity contribution is 0.230. The van der Waals surface area contributed by atoms with Gasteiger partial charge in [0.25, 0.3) is 0 Å². The Morgan fingerprint density at radius 2 is 2.05 bits per heavy atom. The van der Waals surface area contributed by atoms with E-state index in [1.807, 2.05) is 6.07 Å². The topological polar surface area (TPSA) is 66.1 Å². The fourth-order valence-corrected chi connectivity index (χ4v) is 4.28. The first-order valence-electron chi connectivity index (χ1n) is 7.43. The molecule has 0 atom stereocenters. The standard InChI is InChI=1S/C15H21N3O2S/c1-21(19,20)15-12-11-16-7-5-13(12)17-14(15)6-10-18-8-3-2-4-9-18/h5,7,11,17H,2-4,6,8-10H2,1H3. The zero-order valence-electron chi connectivity index (χ0n) is 12.3. The van der Waals surface area contributed by atoms with Gasteiger partial charge in [0.1, 0.15) is 0 Å². The minimum Gasteiger partial charge on any atom is -0.357 e. The van der Waals surface area contributed by atoms with Crippen LogP contribution in [0.15, 0.2) is 23.4 Å². The van der Waals surface area contributed by atoms with Crippen LogP contribution in [0.3, 0.4) is 0 Å². The molecule has 0 unspecified atom stereocenters. The summed E-state index contributed by atoms with van der Waals surface area (Å²) in [5, 5.41) is 0.702. The van der Waals surface area contributed by atoms with Gasteiger partial charge in [0, 0.05) is 42.7 Å². The molecule has 5 nitrogen and oxygen atoms in total. The van der Waals surface area contributed by atoms with Gasteiger partial charge in [-0.25, -0.2) is 8.42 Å². The van der Waals surface area contributed by atoms with Crippen LogP contribution in [0.4, 0.5) is 0 Å². The van der Waals surface area contributed by atoms with Crippen LogP contribution in [-0.4, -0.2) is 49.2 Å². The van der Waals surface area contributed by atoms with E-state index in [1.54, 1.807) is 12.4 Å². The molecule has 0 radical (unpaired) electrons. The molecule has 2 aromatic heterocycles. The van der Waals surface area contributed by atoms with E-state index < -0.39 is 9.84 Å². The number of hydrogen-bond donors (Lipinski definition) is 1. The van der Waals surface area contributed by atoms with E-state index in [2.05, 4.69) is 14.9 Å². The van der Waals surface area contributed by atoms with Crippen LogP contribution in [0, 0.1) is 0 Å². The molecule has 0 bridgehead atoms. The van der Waals surface area contributed by atoms with Crippen molar-refractivity contribution in [3.8, 4) is 0 Å². The minimum atomic E-state index is -3.26. The molecule has 2 aromatic rings. The molecule has 0 aromatic carbocycles. The van der Waals surface area contributed by atoms with Gasteiger partial charge in [-0.05, 0) is 32.0 Å². The maximum absolute atomic E-state index is 12.1. The summed E-state index contributed by atoms with van der Waals surface area (Å²) < 4.78 is 24.2. The van der Waals surface area contributed by atoms with Gasteiger partial charge in [0.05, 0.1) is 10.4 Å². The smallest absolute Gasteiger partial charge is 0.177 e. The highest BCUT2D eigenvalue weighted by Crippen LogP contribution is 2.26. The number of piperidine rings is 1. The van der Waals surface area contributed by atoms with Gasteiger partial charge >= 0.3 is 0 Å². The molecule has 1 N–H and O–H groups in total. The molecule has 1 aliphatic heterocycles. The van der Waals surface area contributed by atoms with Gasteiger partial charge in [-0.15, -0.1) is 0 Å². The molecular formula is C15H21N3O2S. The number of aromatic nitrogens is 2. The average Bonchev–Trinajstić information content (AvgIpc) is 2.84. The highest BCUT2D eigenvalue weighted by atomic mass is 32.2. The lowest BCUT2D eigenvalue weighted by Gasteiger charge is -2.26. The second-order valence-electron chi connectivity index (χ2n) is 5.78. The molecule has 0 amide bonds. The molecule has 1 aliphatic rings. The molecule has 3 rings (SSSR count). The Balaban J connectivity index is 1.90. The third-order valence-corrected chi connectivity index (χ3v) is 5.33. The molecular weight excluding hydrogens is 286 g/mol. The zero-order valence-corrected chi connectivity index (χ0v) is 13.1. The van der Waals surface area contributed by atoms with Crippen LogP contribution in [0.5, 0.6) is 0 Å². The molecule has 6 heteroatoms. The fourth-order valence-electron chi connectivity index (χ4n) is 3.12. The van der Waals surface area contributed by atoms with Crippen molar-refractivity contribution in [2.24, 2.45) is 0 Å². The number of H-pyrrole nitrogens is 1. The minimum absolute atomic E-state index is 0.419. The van der Waals surface area contributed by atoms with E-state index in [0.29, 0.717) is 10.3 Å². The molecule has 0 spiro atoms.